The van der Waals surface area contributed by atoms with Crippen molar-refractivity contribution in [1.82, 2.24) is 0 Å². The summed E-state index contributed by atoms with van der Waals surface area (Å²) in [7, 11) is 0. The van der Waals surface area contributed by atoms with E-state index in [1.54, 1.807) is 36.4 Å². The van der Waals surface area contributed by atoms with Gasteiger partial charge in [-0.25, -0.2) is 11.1 Å². The molecule has 86 valence electrons. The summed E-state index contributed by atoms with van der Waals surface area (Å²) < 4.78 is 0. The van der Waals surface area contributed by atoms with Crippen molar-refractivity contribution in [3.05, 3.63) is 69.4 Å². The topological polar surface area (TPSA) is 97.5 Å². The van der Waals surface area contributed by atoms with Crippen LogP contribution in [-0.2, 0) is 0 Å². The van der Waals surface area contributed by atoms with Crippen molar-refractivity contribution in [2.75, 3.05) is 0 Å². The normalized spacial score (nSPS) is 8.20. The first-order valence-corrected chi connectivity index (χ1v) is 4.97. The third kappa shape index (κ3) is 5.21. The number of azide groups is 2. The van der Waals surface area contributed by atoms with Crippen molar-refractivity contribution < 1.29 is 59.1 Å². The summed E-state index contributed by atoms with van der Waals surface area (Å²) in [6.45, 7) is 0. The van der Waals surface area contributed by atoms with Gasteiger partial charge in [0.2, 0.25) is 0 Å². The Hall–Kier alpha value is -0.940. The molecule has 8 heteroatoms. The molecule has 0 fully saturated rings. The van der Waals surface area contributed by atoms with Crippen LogP contribution in [0.1, 0.15) is 0 Å². The summed E-state index contributed by atoms with van der Waals surface area (Å²) in [4.78, 5) is 5.38. The molecule has 0 radical (unpaired) electrons. The molecule has 0 aromatic heterocycles. The van der Waals surface area contributed by atoms with Gasteiger partial charge in [-0.1, -0.05) is 0 Å². The summed E-state index contributed by atoms with van der Waals surface area (Å²) in [5.74, 6) is 0. The van der Waals surface area contributed by atoms with Crippen LogP contribution in [0.15, 0.2) is 46.6 Å². The van der Waals surface area contributed by atoms with Crippen LogP contribution in [-0.4, -0.2) is 0 Å². The second-order valence-electron chi connectivity index (χ2n) is 3.30. The number of hydrogen-bond acceptors (Lipinski definition) is 2. The van der Waals surface area contributed by atoms with E-state index >= 15 is 0 Å². The SMILES string of the molecule is [N-]=[N+]=Nc1c[c-]c(-c2[c-]cc(N=[N+]=[N-])cc2)cc1.[Na+].[Na+]. The van der Waals surface area contributed by atoms with E-state index in [-0.39, 0.29) is 59.1 Å². The Morgan fingerprint density at radius 3 is 1.40 bits per heavy atom. The fourth-order valence-corrected chi connectivity index (χ4v) is 1.40. The summed E-state index contributed by atoms with van der Waals surface area (Å²) in [5.41, 5.74) is 19.2. The molecule has 0 saturated heterocycles. The first-order valence-electron chi connectivity index (χ1n) is 4.97. The standard InChI is InChI=1S/C12H6N6.2Na/c13-17-15-11-5-1-9(2-6-11)10-3-7-12(8-4-10)16-18-14;;/h1,3,5-8H;;/q-2;2*+1. The molecule has 2 rings (SSSR count). The molecule has 0 atom stereocenters. The van der Waals surface area contributed by atoms with Gasteiger partial charge in [0.1, 0.15) is 0 Å². The van der Waals surface area contributed by atoms with Crippen LogP contribution in [0.2, 0.25) is 0 Å². The first-order chi connectivity index (χ1) is 8.83. The molecule has 0 aliphatic rings. The predicted molar refractivity (Wildman–Crippen MR) is 67.2 cm³/mol. The Kier molecular flexibility index (Phi) is 9.42. The Labute approximate surface area is 160 Å². The van der Waals surface area contributed by atoms with Gasteiger partial charge in [-0.2, -0.15) is 24.3 Å². The zero-order valence-corrected chi connectivity index (χ0v) is 15.1. The molecular formula is C12H6N6Na2. The summed E-state index contributed by atoms with van der Waals surface area (Å²) in [6.07, 6.45) is 0. The largest absolute Gasteiger partial charge is 1.00 e. The average molecular weight is 280 g/mol. The van der Waals surface area contributed by atoms with E-state index in [1.807, 2.05) is 0 Å². The van der Waals surface area contributed by atoms with Crippen molar-refractivity contribution in [2.24, 2.45) is 10.2 Å². The molecule has 2 aromatic carbocycles. The van der Waals surface area contributed by atoms with Gasteiger partial charge < -0.3 is 0 Å². The van der Waals surface area contributed by atoms with Gasteiger partial charge in [-0.05, 0) is 32.3 Å². The summed E-state index contributed by atoms with van der Waals surface area (Å²) >= 11 is 0. The first kappa shape index (κ1) is 19.1. The maximum absolute atomic E-state index is 8.29. The van der Waals surface area contributed by atoms with Gasteiger partial charge in [-0.3, -0.25) is 0 Å². The van der Waals surface area contributed by atoms with Crippen LogP contribution < -0.4 is 59.1 Å². The van der Waals surface area contributed by atoms with Crippen LogP contribution in [0.3, 0.4) is 0 Å². The summed E-state index contributed by atoms with van der Waals surface area (Å²) in [5, 5.41) is 6.93. The molecule has 0 N–H and O–H groups in total. The van der Waals surface area contributed by atoms with Gasteiger partial charge in [0.25, 0.3) is 0 Å². The van der Waals surface area contributed by atoms with Crippen LogP contribution in [0.25, 0.3) is 32.0 Å². The molecule has 0 saturated carbocycles. The van der Waals surface area contributed by atoms with Crippen LogP contribution in [0, 0.1) is 12.1 Å². The maximum atomic E-state index is 8.29. The Morgan fingerprint density at radius 2 is 1.15 bits per heavy atom. The van der Waals surface area contributed by atoms with Crippen molar-refractivity contribution in [1.29, 1.82) is 0 Å². The van der Waals surface area contributed by atoms with E-state index in [2.05, 4.69) is 32.2 Å². The molecule has 20 heavy (non-hydrogen) atoms. The third-order valence-electron chi connectivity index (χ3n) is 2.20. The van der Waals surface area contributed by atoms with Crippen LogP contribution >= 0.6 is 0 Å². The van der Waals surface area contributed by atoms with E-state index in [4.69, 9.17) is 11.1 Å². The molecule has 0 unspecified atom stereocenters. The molecule has 6 nitrogen and oxygen atoms in total. The molecule has 0 aliphatic carbocycles. The monoisotopic (exact) mass is 280 g/mol. The number of rotatable bonds is 3. The van der Waals surface area contributed by atoms with Crippen molar-refractivity contribution in [2.45, 2.75) is 0 Å². The Morgan fingerprint density at radius 1 is 0.750 bits per heavy atom. The van der Waals surface area contributed by atoms with Gasteiger partial charge in [0.05, 0.1) is 0 Å². The molecule has 0 amide bonds. The van der Waals surface area contributed by atoms with Gasteiger partial charge in [0, 0.05) is 0 Å². The van der Waals surface area contributed by atoms with E-state index in [0.29, 0.717) is 11.4 Å². The summed E-state index contributed by atoms with van der Waals surface area (Å²) in [6, 6.07) is 16.1. The fraction of sp³-hybridized carbons (Fsp3) is 0. The van der Waals surface area contributed by atoms with Crippen molar-refractivity contribution in [3.8, 4) is 11.1 Å². The van der Waals surface area contributed by atoms with Crippen LogP contribution in [0.4, 0.5) is 11.4 Å². The Bertz CT molecular complexity index is 581. The zero-order chi connectivity index (χ0) is 12.8. The number of hydrogen-bond donors (Lipinski definition) is 0. The van der Waals surface area contributed by atoms with Crippen molar-refractivity contribution in [3.63, 3.8) is 0 Å². The fourth-order valence-electron chi connectivity index (χ4n) is 1.40. The molecule has 0 heterocycles. The maximum Gasteiger partial charge on any atom is 1.00 e. The average Bonchev–Trinajstić information content (AvgIpc) is 2.41. The minimum Gasteiger partial charge on any atom is -0.226 e. The quantitative estimate of drug-likeness (QED) is 0.223. The van der Waals surface area contributed by atoms with Crippen molar-refractivity contribution >= 4 is 11.4 Å². The molecule has 0 spiro atoms. The zero-order valence-electron chi connectivity index (χ0n) is 11.1. The molecule has 2 aromatic rings. The minimum absolute atomic E-state index is 0. The Balaban J connectivity index is 0.00000180. The molecular weight excluding hydrogens is 274 g/mol. The third-order valence-corrected chi connectivity index (χ3v) is 2.20. The second-order valence-corrected chi connectivity index (χ2v) is 3.30. The second kappa shape index (κ2) is 9.88. The van der Waals surface area contributed by atoms with E-state index in [9.17, 15) is 0 Å². The van der Waals surface area contributed by atoms with E-state index in [1.165, 1.54) is 0 Å². The van der Waals surface area contributed by atoms with Gasteiger partial charge in [0.15, 0.2) is 0 Å². The van der Waals surface area contributed by atoms with E-state index in [0.717, 1.165) is 11.1 Å². The van der Waals surface area contributed by atoms with Crippen LogP contribution in [0.5, 0.6) is 0 Å². The minimum atomic E-state index is 0. The van der Waals surface area contributed by atoms with Gasteiger partial charge in [-0.15, -0.1) is 34.5 Å². The molecule has 0 aliphatic heterocycles. The number of benzene rings is 2. The van der Waals surface area contributed by atoms with Gasteiger partial charge >= 0.3 is 59.1 Å². The smallest absolute Gasteiger partial charge is 0.226 e. The molecule has 0 bridgehead atoms. The van der Waals surface area contributed by atoms with E-state index < -0.39 is 0 Å². The predicted octanol–water partition coefficient (Wildman–Crippen LogP) is -1.15. The number of nitrogens with zero attached hydrogens (tertiary/aromatic N) is 6.